The van der Waals surface area contributed by atoms with Crippen molar-refractivity contribution in [3.8, 4) is 17.2 Å². The van der Waals surface area contributed by atoms with Gasteiger partial charge >= 0.3 is 17.1 Å². The minimum Gasteiger partial charge on any atom is -0.871 e. The fourth-order valence-electron chi connectivity index (χ4n) is 5.30. The molecule has 0 aliphatic carbocycles. The molecule has 6 rings (SSSR count). The quantitative estimate of drug-likeness (QED) is 0.0281. The molecule has 0 spiro atoms. The Labute approximate surface area is 355 Å². The summed E-state index contributed by atoms with van der Waals surface area (Å²) in [6.45, 7) is 0. The van der Waals surface area contributed by atoms with E-state index in [0.717, 1.165) is 48.5 Å². The number of aromatic hydroxyl groups is 1. The maximum atomic E-state index is 13.5. The van der Waals surface area contributed by atoms with Crippen LogP contribution in [0, 0.1) is 30.3 Å². The number of nitrogens with zero attached hydrogens (tertiary/aromatic N) is 9. The first-order chi connectivity index (χ1) is 28.7. The molecule has 62 heavy (non-hydrogen) atoms. The van der Waals surface area contributed by atoms with Gasteiger partial charge in [-0.25, -0.2) is 0 Å². The summed E-state index contributed by atoms with van der Waals surface area (Å²) in [6, 6.07) is 16.6. The summed E-state index contributed by atoms with van der Waals surface area (Å²) < 4.78 is 67.3. The van der Waals surface area contributed by atoms with Crippen LogP contribution in [-0.4, -0.2) is 45.8 Å². The monoisotopic (exact) mass is 935 g/mol. The normalized spacial score (nSPS) is 11.9. The van der Waals surface area contributed by atoms with Gasteiger partial charge in [-0.1, -0.05) is 5.75 Å². The third-order valence-electron chi connectivity index (χ3n) is 8.15. The van der Waals surface area contributed by atoms with E-state index in [-0.39, 0.29) is 50.9 Å². The van der Waals surface area contributed by atoms with Gasteiger partial charge in [0.2, 0.25) is 0 Å². The summed E-state index contributed by atoms with van der Waals surface area (Å²) in [4.78, 5) is 29.4. The van der Waals surface area contributed by atoms with Gasteiger partial charge in [-0.3, -0.25) is 39.4 Å². The average Bonchev–Trinajstić information content (AvgIpc) is 3.20. The van der Waals surface area contributed by atoms with Crippen molar-refractivity contribution >= 4 is 93.6 Å². The summed E-state index contributed by atoms with van der Waals surface area (Å²) >= 11 is 0. The zero-order valence-corrected chi connectivity index (χ0v) is 32.7. The van der Waals surface area contributed by atoms with Crippen molar-refractivity contribution in [2.45, 2.75) is 9.79 Å². The van der Waals surface area contributed by atoms with Crippen LogP contribution >= 0.6 is 0 Å². The Morgan fingerprint density at radius 2 is 1.03 bits per heavy atom. The smallest absolute Gasteiger partial charge is 0.871 e. The number of phenols is 1. The van der Waals surface area contributed by atoms with Crippen LogP contribution in [0.15, 0.2) is 138 Å². The first-order valence-electron chi connectivity index (χ1n) is 16.3. The van der Waals surface area contributed by atoms with Gasteiger partial charge in [0.1, 0.15) is 21.2 Å². The van der Waals surface area contributed by atoms with Gasteiger partial charge in [-0.05, 0) is 66.4 Å². The van der Waals surface area contributed by atoms with Crippen molar-refractivity contribution in [1.82, 2.24) is 0 Å². The maximum absolute atomic E-state index is 13.5. The Morgan fingerprint density at radius 3 is 1.61 bits per heavy atom. The van der Waals surface area contributed by atoms with Crippen LogP contribution in [0.3, 0.4) is 0 Å². The second-order valence-electron chi connectivity index (χ2n) is 12.1. The third kappa shape index (κ3) is 9.93. The number of hydrogen-bond acceptors (Lipinski definition) is 20. The van der Waals surface area contributed by atoms with Crippen LogP contribution < -0.4 is 15.5 Å². The number of azo groups is 3. The molecule has 0 aliphatic rings. The van der Waals surface area contributed by atoms with Crippen molar-refractivity contribution < 1.29 is 73.1 Å². The zero-order chi connectivity index (χ0) is 44.4. The minimum atomic E-state index is -5.10. The molecule has 0 aliphatic heterocycles. The number of anilines is 2. The predicted molar refractivity (Wildman–Crippen MR) is 206 cm³/mol. The molecule has 319 valence electrons. The van der Waals surface area contributed by atoms with E-state index in [9.17, 15) is 71.6 Å². The van der Waals surface area contributed by atoms with Gasteiger partial charge < -0.3 is 20.6 Å². The summed E-state index contributed by atoms with van der Waals surface area (Å²) in [6.07, 6.45) is 0. The SMILES string of the molecule is O=[N+]([O-])c1ccc(N=Nc2c([O-])c(N=Nc3ccc(Nc4ccc([N+](=O)[O-])cc4S(=O)(=O)O)cc3)cc(N=Nc3c([O-])cc(S(=O)(=O)O)c4cc([N+](=O)[O-])ccc34)c2O)cc1.[Cu+2]. The van der Waals surface area contributed by atoms with Crippen LogP contribution in [0.2, 0.25) is 0 Å². The molecular weight excluding hydrogens is 916 g/mol. The van der Waals surface area contributed by atoms with Crippen LogP contribution in [0.4, 0.5) is 62.6 Å². The number of rotatable bonds is 13. The topological polar surface area (TPSA) is 391 Å². The molecule has 0 saturated carbocycles. The van der Waals surface area contributed by atoms with Crippen molar-refractivity contribution in [3.63, 3.8) is 0 Å². The molecule has 1 radical (unpaired) electrons. The number of benzene rings is 6. The fourth-order valence-corrected chi connectivity index (χ4v) is 6.67. The molecule has 0 atom stereocenters. The van der Waals surface area contributed by atoms with Gasteiger partial charge in [0.25, 0.3) is 37.3 Å². The second kappa shape index (κ2) is 17.8. The molecule has 6 aromatic carbocycles. The maximum Gasteiger partial charge on any atom is 2.00 e. The van der Waals surface area contributed by atoms with E-state index in [0.29, 0.717) is 12.1 Å². The number of hydrogen-bond donors (Lipinski definition) is 4. The molecule has 0 saturated heterocycles. The zero-order valence-electron chi connectivity index (χ0n) is 30.1. The molecule has 6 aromatic rings. The van der Waals surface area contributed by atoms with E-state index in [1.165, 1.54) is 36.4 Å². The second-order valence-corrected chi connectivity index (χ2v) is 14.9. The minimum absolute atomic E-state index is 0. The Balaban J connectivity index is 0.00000726. The van der Waals surface area contributed by atoms with Gasteiger partial charge in [-0.15, -0.1) is 10.2 Å². The molecule has 0 amide bonds. The number of non-ortho nitro benzene ring substituents is 3. The summed E-state index contributed by atoms with van der Waals surface area (Å²) in [7, 11) is -10.0. The van der Waals surface area contributed by atoms with Crippen LogP contribution in [0.25, 0.3) is 10.8 Å². The van der Waals surface area contributed by atoms with E-state index in [1.54, 1.807) is 0 Å². The van der Waals surface area contributed by atoms with Gasteiger partial charge in [0, 0.05) is 52.9 Å². The predicted octanol–water partition coefficient (Wildman–Crippen LogP) is 7.90. The van der Waals surface area contributed by atoms with E-state index in [1.807, 2.05) is 0 Å². The summed E-state index contributed by atoms with van der Waals surface area (Å²) in [5.41, 5.74) is -4.08. The van der Waals surface area contributed by atoms with E-state index in [4.69, 9.17) is 0 Å². The largest absolute Gasteiger partial charge is 2.00 e. The first kappa shape index (κ1) is 45.2. The fraction of sp³-hybridized carbons (Fsp3) is 0. The van der Waals surface area contributed by atoms with Crippen LogP contribution in [-0.2, 0) is 37.3 Å². The number of nitrogens with one attached hydrogen (secondary N) is 1. The average molecular weight is 936 g/mol. The van der Waals surface area contributed by atoms with E-state index < -0.39 is 102 Å². The number of nitro benzene ring substituents is 3. The molecule has 4 N–H and O–H groups in total. The molecular formula is C34H20CuN10O15S2. The Bertz CT molecular complexity index is 3130. The number of nitro groups is 3. The molecule has 0 bridgehead atoms. The standard InChI is InChI=1S/C34H22N10O15S2.Cu/c45-28-16-29(60(54,55)56)24-13-21(43(50)51)9-11-23(24)31(28)40-39-27-15-26(33(46)32(34(27)47)41-37-19-5-7-20(8-6-19)42(48)49)38-36-18-3-1-17(2-4-18)35-25-12-10-22(44(52)53)14-30(25)61(57,58)59;/h1-16,35,45-47H,(H,54,55,56)(H,57,58,59);/q;+2/p-2. The first-order valence-corrected chi connectivity index (χ1v) is 19.2. The molecule has 28 heteroatoms. The molecule has 0 unspecified atom stereocenters. The Morgan fingerprint density at radius 1 is 0.532 bits per heavy atom. The van der Waals surface area contributed by atoms with Crippen molar-refractivity contribution in [3.05, 3.63) is 127 Å². The van der Waals surface area contributed by atoms with Crippen LogP contribution in [0.1, 0.15) is 0 Å². The van der Waals surface area contributed by atoms with Crippen molar-refractivity contribution in [1.29, 1.82) is 0 Å². The third-order valence-corrected chi connectivity index (χ3v) is 9.94. The number of phenolic OH excluding ortho intramolecular Hbond substituents is 1. The van der Waals surface area contributed by atoms with Gasteiger partial charge in [-0.2, -0.15) is 37.3 Å². The van der Waals surface area contributed by atoms with Crippen molar-refractivity contribution in [2.24, 2.45) is 30.7 Å². The van der Waals surface area contributed by atoms with E-state index in [2.05, 4.69) is 36.0 Å². The summed E-state index contributed by atoms with van der Waals surface area (Å²) in [5.74, 6) is -3.22. The van der Waals surface area contributed by atoms with Crippen molar-refractivity contribution in [2.75, 3.05) is 5.32 Å². The molecule has 0 aromatic heterocycles. The number of fused-ring (bicyclic) bond motifs is 1. The molecule has 25 nitrogen and oxygen atoms in total. The van der Waals surface area contributed by atoms with Gasteiger partial charge in [0.15, 0.2) is 5.75 Å². The summed E-state index contributed by atoms with van der Waals surface area (Å²) in [5, 5.41) is 96.3. The van der Waals surface area contributed by atoms with E-state index >= 15 is 0 Å². The molecule has 0 fully saturated rings. The molecule has 0 heterocycles. The van der Waals surface area contributed by atoms with Gasteiger partial charge in [0.05, 0.1) is 43.2 Å². The Hall–Kier alpha value is -7.88. The van der Waals surface area contributed by atoms with Crippen LogP contribution in [0.5, 0.6) is 17.2 Å². The Kier molecular flexibility index (Phi) is 13.0.